The topological polar surface area (TPSA) is 82.2 Å². The van der Waals surface area contributed by atoms with Crippen LogP contribution in [0.4, 0.5) is 5.69 Å². The second-order valence-electron chi connectivity index (χ2n) is 3.77. The number of halogens is 3. The molecule has 0 saturated heterocycles. The summed E-state index contributed by atoms with van der Waals surface area (Å²) in [4.78, 5) is 25.8. The number of aromatic nitrogens is 1. The molecule has 20 heavy (non-hydrogen) atoms. The molecule has 0 aliphatic carbocycles. The smallest absolute Gasteiger partial charge is 0.337 e. The van der Waals surface area contributed by atoms with E-state index in [0.29, 0.717) is 4.47 Å². The molecule has 0 aliphatic heterocycles. The minimum Gasteiger partial charge on any atom is -0.478 e. The standard InChI is InChI=1S/C12H7BrCl2N2O3/c13-6-3-1-2-5(12(19)20)9(6)17-11(18)8-4-7(14)10(15)16-8/h1-4,16H,(H,17,18)(H,19,20). The summed E-state index contributed by atoms with van der Waals surface area (Å²) in [6, 6.07) is 5.93. The summed E-state index contributed by atoms with van der Waals surface area (Å²) < 4.78 is 0.453. The van der Waals surface area contributed by atoms with Gasteiger partial charge in [-0.25, -0.2) is 4.79 Å². The Morgan fingerprint density at radius 2 is 2.00 bits per heavy atom. The van der Waals surface area contributed by atoms with Crippen LogP contribution in [0.2, 0.25) is 10.2 Å². The SMILES string of the molecule is O=C(Nc1c(Br)cccc1C(=O)O)c1cc(Cl)c(Cl)[nH]1. The van der Waals surface area contributed by atoms with Gasteiger partial charge in [-0.15, -0.1) is 0 Å². The fraction of sp³-hybridized carbons (Fsp3) is 0. The predicted molar refractivity (Wildman–Crippen MR) is 79.9 cm³/mol. The Morgan fingerprint density at radius 3 is 2.55 bits per heavy atom. The molecule has 2 rings (SSSR count). The molecule has 0 fully saturated rings. The van der Waals surface area contributed by atoms with Crippen molar-refractivity contribution in [1.29, 1.82) is 0 Å². The monoisotopic (exact) mass is 376 g/mol. The van der Waals surface area contributed by atoms with Gasteiger partial charge in [0.2, 0.25) is 0 Å². The zero-order valence-electron chi connectivity index (χ0n) is 9.71. The second kappa shape index (κ2) is 5.87. The van der Waals surface area contributed by atoms with Gasteiger partial charge in [0.1, 0.15) is 10.8 Å². The van der Waals surface area contributed by atoms with Gasteiger partial charge in [-0.2, -0.15) is 0 Å². The largest absolute Gasteiger partial charge is 0.478 e. The van der Waals surface area contributed by atoms with Crippen LogP contribution in [0.1, 0.15) is 20.8 Å². The lowest BCUT2D eigenvalue weighted by Gasteiger charge is -2.09. The van der Waals surface area contributed by atoms with E-state index < -0.39 is 11.9 Å². The van der Waals surface area contributed by atoms with E-state index in [2.05, 4.69) is 26.2 Å². The number of para-hydroxylation sites is 1. The van der Waals surface area contributed by atoms with Crippen LogP contribution in [0.3, 0.4) is 0 Å². The first kappa shape index (κ1) is 14.9. The Labute approximate surface area is 132 Å². The Morgan fingerprint density at radius 1 is 1.30 bits per heavy atom. The minimum atomic E-state index is -1.15. The van der Waals surface area contributed by atoms with Gasteiger partial charge < -0.3 is 15.4 Å². The molecule has 0 saturated carbocycles. The summed E-state index contributed by atoms with van der Waals surface area (Å²) in [7, 11) is 0. The van der Waals surface area contributed by atoms with Crippen LogP contribution in [-0.4, -0.2) is 22.0 Å². The molecule has 0 atom stereocenters. The maximum absolute atomic E-state index is 12.0. The number of carbonyl (C=O) groups is 2. The number of carboxylic acids is 1. The Kier molecular flexibility index (Phi) is 4.37. The quantitative estimate of drug-likeness (QED) is 0.754. The highest BCUT2D eigenvalue weighted by molar-refractivity contribution is 9.10. The molecule has 0 spiro atoms. The van der Waals surface area contributed by atoms with E-state index in [1.807, 2.05) is 0 Å². The number of H-pyrrole nitrogens is 1. The van der Waals surface area contributed by atoms with Gasteiger partial charge in [0.25, 0.3) is 5.91 Å². The fourth-order valence-electron chi connectivity index (χ4n) is 1.54. The van der Waals surface area contributed by atoms with Crippen molar-refractivity contribution in [2.75, 3.05) is 5.32 Å². The van der Waals surface area contributed by atoms with Crippen LogP contribution >= 0.6 is 39.1 Å². The molecule has 1 aromatic heterocycles. The summed E-state index contributed by atoms with van der Waals surface area (Å²) in [5, 5.41) is 12.0. The summed E-state index contributed by atoms with van der Waals surface area (Å²) in [5.74, 6) is -1.70. The van der Waals surface area contributed by atoms with Crippen LogP contribution < -0.4 is 5.32 Å². The normalized spacial score (nSPS) is 10.3. The third kappa shape index (κ3) is 2.98. The predicted octanol–water partition coefficient (Wildman–Crippen LogP) is 4.03. The Bertz CT molecular complexity index is 681. The molecular weight excluding hydrogens is 371 g/mol. The van der Waals surface area contributed by atoms with E-state index in [1.165, 1.54) is 12.1 Å². The maximum Gasteiger partial charge on any atom is 0.337 e. The molecule has 0 radical (unpaired) electrons. The van der Waals surface area contributed by atoms with Crippen molar-refractivity contribution in [1.82, 2.24) is 4.98 Å². The number of benzene rings is 1. The summed E-state index contributed by atoms with van der Waals surface area (Å²) in [6.45, 7) is 0. The highest BCUT2D eigenvalue weighted by Crippen LogP contribution is 2.28. The molecule has 8 heteroatoms. The van der Waals surface area contributed by atoms with Crippen molar-refractivity contribution in [3.8, 4) is 0 Å². The van der Waals surface area contributed by atoms with Gasteiger partial charge in [-0.3, -0.25) is 4.79 Å². The molecule has 5 nitrogen and oxygen atoms in total. The molecule has 1 heterocycles. The van der Waals surface area contributed by atoms with E-state index in [0.717, 1.165) is 0 Å². The number of carboxylic acid groups (broad SMARTS) is 1. The van der Waals surface area contributed by atoms with Crippen LogP contribution in [0.5, 0.6) is 0 Å². The lowest BCUT2D eigenvalue weighted by Crippen LogP contribution is -2.15. The molecule has 0 unspecified atom stereocenters. The van der Waals surface area contributed by atoms with Crippen molar-refractivity contribution in [2.24, 2.45) is 0 Å². The van der Waals surface area contributed by atoms with Crippen molar-refractivity contribution in [2.45, 2.75) is 0 Å². The first-order valence-corrected chi connectivity index (χ1v) is 6.82. The van der Waals surface area contributed by atoms with E-state index in [9.17, 15) is 9.59 Å². The number of carbonyl (C=O) groups excluding carboxylic acids is 1. The van der Waals surface area contributed by atoms with E-state index >= 15 is 0 Å². The number of hydrogen-bond donors (Lipinski definition) is 3. The fourth-order valence-corrected chi connectivity index (χ4v) is 2.31. The lowest BCUT2D eigenvalue weighted by molar-refractivity contribution is 0.0698. The van der Waals surface area contributed by atoms with Crippen LogP contribution in [0, 0.1) is 0 Å². The molecule has 0 aliphatic rings. The summed E-state index contributed by atoms with van der Waals surface area (Å²) in [5.41, 5.74) is 0.260. The Hall–Kier alpha value is -1.50. The second-order valence-corrected chi connectivity index (χ2v) is 5.41. The van der Waals surface area contributed by atoms with Gasteiger partial charge in [0.15, 0.2) is 0 Å². The molecule has 0 bridgehead atoms. The molecule has 2 aromatic rings. The van der Waals surface area contributed by atoms with Crippen molar-refractivity contribution >= 4 is 56.7 Å². The van der Waals surface area contributed by atoms with Crippen LogP contribution in [-0.2, 0) is 0 Å². The molecule has 1 aromatic carbocycles. The summed E-state index contributed by atoms with van der Waals surface area (Å²) in [6.07, 6.45) is 0. The van der Waals surface area contributed by atoms with Gasteiger partial charge >= 0.3 is 5.97 Å². The number of anilines is 1. The molecule has 1 amide bonds. The Balaban J connectivity index is 2.35. The first-order valence-electron chi connectivity index (χ1n) is 5.27. The van der Waals surface area contributed by atoms with Crippen molar-refractivity contribution < 1.29 is 14.7 Å². The average Bonchev–Trinajstić information content (AvgIpc) is 2.72. The summed E-state index contributed by atoms with van der Waals surface area (Å²) >= 11 is 14.7. The zero-order chi connectivity index (χ0) is 14.9. The maximum atomic E-state index is 12.0. The van der Waals surface area contributed by atoms with Gasteiger partial charge in [-0.1, -0.05) is 29.3 Å². The molecular formula is C12H7BrCl2N2O3. The van der Waals surface area contributed by atoms with Crippen LogP contribution in [0.25, 0.3) is 0 Å². The highest BCUT2D eigenvalue weighted by atomic mass is 79.9. The number of rotatable bonds is 3. The lowest BCUT2D eigenvalue weighted by atomic mass is 10.2. The third-order valence-corrected chi connectivity index (χ3v) is 3.81. The highest BCUT2D eigenvalue weighted by Gasteiger charge is 2.18. The van der Waals surface area contributed by atoms with Gasteiger partial charge in [0.05, 0.1) is 16.3 Å². The number of amides is 1. The van der Waals surface area contributed by atoms with E-state index in [-0.39, 0.29) is 27.1 Å². The third-order valence-electron chi connectivity index (χ3n) is 2.45. The first-order chi connectivity index (χ1) is 9.40. The van der Waals surface area contributed by atoms with Gasteiger partial charge in [0, 0.05) is 4.47 Å². The number of nitrogens with one attached hydrogen (secondary N) is 2. The zero-order valence-corrected chi connectivity index (χ0v) is 12.8. The van der Waals surface area contributed by atoms with E-state index in [1.54, 1.807) is 12.1 Å². The number of aromatic carboxylic acids is 1. The molecule has 3 N–H and O–H groups in total. The van der Waals surface area contributed by atoms with E-state index in [4.69, 9.17) is 28.3 Å². The van der Waals surface area contributed by atoms with Gasteiger partial charge in [-0.05, 0) is 34.1 Å². The van der Waals surface area contributed by atoms with Crippen molar-refractivity contribution in [3.05, 3.63) is 50.2 Å². The number of hydrogen-bond acceptors (Lipinski definition) is 2. The number of aromatic amines is 1. The van der Waals surface area contributed by atoms with Crippen LogP contribution in [0.15, 0.2) is 28.7 Å². The average molecular weight is 378 g/mol. The van der Waals surface area contributed by atoms with Crippen molar-refractivity contribution in [3.63, 3.8) is 0 Å². The minimum absolute atomic E-state index is 0.0310. The molecule has 104 valence electrons.